The molecular weight excluding hydrogens is 241 g/mol. The number of rotatable bonds is 3. The molecule has 0 aromatic carbocycles. The Balaban J connectivity index is 3.09. The number of aromatic nitrogens is 1. The van der Waals surface area contributed by atoms with Crippen molar-refractivity contribution in [3.8, 4) is 0 Å². The molecule has 0 aliphatic rings. The van der Waals surface area contributed by atoms with Crippen molar-refractivity contribution in [2.45, 2.75) is 6.18 Å². The zero-order valence-corrected chi connectivity index (χ0v) is 9.23. The SMILES string of the molecule is CNCC=Cc1cc(Cl)ncc1C(F)(F)F. The maximum atomic E-state index is 12.6. The predicted octanol–water partition coefficient (Wildman–Crippen LogP) is 2.99. The quantitative estimate of drug-likeness (QED) is 0.835. The van der Waals surface area contributed by atoms with Crippen molar-refractivity contribution in [3.05, 3.63) is 34.6 Å². The van der Waals surface area contributed by atoms with E-state index < -0.39 is 11.7 Å². The van der Waals surface area contributed by atoms with Crippen LogP contribution < -0.4 is 5.32 Å². The van der Waals surface area contributed by atoms with Gasteiger partial charge in [0.25, 0.3) is 0 Å². The maximum Gasteiger partial charge on any atom is 0.418 e. The van der Waals surface area contributed by atoms with Gasteiger partial charge in [0.1, 0.15) is 5.15 Å². The van der Waals surface area contributed by atoms with Gasteiger partial charge in [-0.15, -0.1) is 0 Å². The van der Waals surface area contributed by atoms with E-state index in [2.05, 4.69) is 10.3 Å². The number of nitrogens with one attached hydrogen (secondary N) is 1. The summed E-state index contributed by atoms with van der Waals surface area (Å²) < 4.78 is 37.7. The minimum absolute atomic E-state index is 0.0164. The second-order valence-electron chi connectivity index (χ2n) is 3.05. The van der Waals surface area contributed by atoms with E-state index in [9.17, 15) is 13.2 Å². The van der Waals surface area contributed by atoms with E-state index in [1.165, 1.54) is 12.1 Å². The third kappa shape index (κ3) is 3.50. The van der Waals surface area contributed by atoms with Gasteiger partial charge in [-0.2, -0.15) is 13.2 Å². The molecule has 16 heavy (non-hydrogen) atoms. The molecule has 0 fully saturated rings. The summed E-state index contributed by atoms with van der Waals surface area (Å²) in [6.45, 7) is 0.483. The van der Waals surface area contributed by atoms with Crippen LogP contribution in [0.25, 0.3) is 6.08 Å². The summed E-state index contributed by atoms with van der Waals surface area (Å²) in [4.78, 5) is 3.43. The smallest absolute Gasteiger partial charge is 0.316 e. The first kappa shape index (κ1) is 13.0. The number of halogens is 4. The second kappa shape index (κ2) is 5.32. The first-order chi connectivity index (χ1) is 7.45. The van der Waals surface area contributed by atoms with Crippen molar-refractivity contribution in [3.63, 3.8) is 0 Å². The summed E-state index contributed by atoms with van der Waals surface area (Å²) in [6, 6.07) is 1.19. The average Bonchev–Trinajstić information content (AvgIpc) is 2.16. The number of pyridine rings is 1. The van der Waals surface area contributed by atoms with Crippen LogP contribution in [-0.2, 0) is 6.18 Å². The lowest BCUT2D eigenvalue weighted by Gasteiger charge is -2.09. The number of hydrogen-bond acceptors (Lipinski definition) is 2. The third-order valence-corrected chi connectivity index (χ3v) is 2.03. The van der Waals surface area contributed by atoms with E-state index in [1.54, 1.807) is 13.1 Å². The van der Waals surface area contributed by atoms with E-state index in [0.717, 1.165) is 6.20 Å². The molecule has 0 saturated carbocycles. The predicted molar refractivity (Wildman–Crippen MR) is 57.2 cm³/mol. The van der Waals surface area contributed by atoms with Crippen molar-refractivity contribution in [1.82, 2.24) is 10.3 Å². The first-order valence-electron chi connectivity index (χ1n) is 4.49. The molecule has 0 bridgehead atoms. The monoisotopic (exact) mass is 250 g/mol. The Morgan fingerprint density at radius 2 is 2.19 bits per heavy atom. The standard InChI is InChI=1S/C10H10ClF3N2/c1-15-4-2-3-7-5-9(11)16-6-8(7)10(12,13)14/h2-3,5-6,15H,4H2,1H3. The van der Waals surface area contributed by atoms with Crippen LogP contribution in [0.5, 0.6) is 0 Å². The molecule has 0 radical (unpaired) electrons. The summed E-state index contributed by atoms with van der Waals surface area (Å²) in [5.41, 5.74) is -0.771. The molecule has 0 unspecified atom stereocenters. The zero-order chi connectivity index (χ0) is 12.2. The number of hydrogen-bond donors (Lipinski definition) is 1. The van der Waals surface area contributed by atoms with E-state index in [0.29, 0.717) is 6.54 Å². The van der Waals surface area contributed by atoms with Crippen LogP contribution in [0.2, 0.25) is 5.15 Å². The minimum atomic E-state index is -4.42. The Hall–Kier alpha value is -1.07. The second-order valence-corrected chi connectivity index (χ2v) is 3.44. The fourth-order valence-corrected chi connectivity index (χ4v) is 1.29. The molecule has 1 aromatic heterocycles. The number of likely N-dealkylation sites (N-methyl/N-ethyl adjacent to an activating group) is 1. The Bertz CT molecular complexity index is 388. The molecule has 1 rings (SSSR count). The highest BCUT2D eigenvalue weighted by Crippen LogP contribution is 2.32. The molecule has 0 amide bonds. The molecule has 0 spiro atoms. The zero-order valence-electron chi connectivity index (χ0n) is 8.48. The van der Waals surface area contributed by atoms with Crippen molar-refractivity contribution >= 4 is 17.7 Å². The Morgan fingerprint density at radius 3 is 2.75 bits per heavy atom. The van der Waals surface area contributed by atoms with Gasteiger partial charge in [0.05, 0.1) is 5.56 Å². The summed E-state index contributed by atoms with van der Waals surface area (Å²) in [6.07, 6.45) is -0.730. The van der Waals surface area contributed by atoms with Gasteiger partial charge < -0.3 is 5.32 Å². The fraction of sp³-hybridized carbons (Fsp3) is 0.300. The topological polar surface area (TPSA) is 24.9 Å². The van der Waals surface area contributed by atoms with Gasteiger partial charge in [-0.3, -0.25) is 0 Å². The summed E-state index contributed by atoms with van der Waals surface area (Å²) in [5, 5.41) is 2.83. The molecule has 2 nitrogen and oxygen atoms in total. The number of nitrogens with zero attached hydrogens (tertiary/aromatic N) is 1. The molecule has 1 N–H and O–H groups in total. The van der Waals surface area contributed by atoms with Crippen LogP contribution in [0.3, 0.4) is 0 Å². The van der Waals surface area contributed by atoms with E-state index in [1.807, 2.05) is 0 Å². The molecule has 88 valence electrons. The van der Waals surface area contributed by atoms with Crippen molar-refractivity contribution in [2.24, 2.45) is 0 Å². The molecule has 6 heteroatoms. The Morgan fingerprint density at radius 1 is 1.50 bits per heavy atom. The van der Waals surface area contributed by atoms with Gasteiger partial charge in [0, 0.05) is 12.7 Å². The third-order valence-electron chi connectivity index (χ3n) is 1.83. The largest absolute Gasteiger partial charge is 0.418 e. The Kier molecular flexibility index (Phi) is 4.32. The molecule has 0 atom stereocenters. The minimum Gasteiger partial charge on any atom is -0.316 e. The van der Waals surface area contributed by atoms with Crippen LogP contribution in [0, 0.1) is 0 Å². The fourth-order valence-electron chi connectivity index (χ4n) is 1.12. The van der Waals surface area contributed by atoms with Gasteiger partial charge in [-0.25, -0.2) is 4.98 Å². The van der Waals surface area contributed by atoms with Gasteiger partial charge in [-0.05, 0) is 18.7 Å². The van der Waals surface area contributed by atoms with Crippen molar-refractivity contribution in [2.75, 3.05) is 13.6 Å². The van der Waals surface area contributed by atoms with Gasteiger partial charge in [0.2, 0.25) is 0 Å². The highest BCUT2D eigenvalue weighted by Gasteiger charge is 2.33. The van der Waals surface area contributed by atoms with E-state index >= 15 is 0 Å². The molecule has 1 heterocycles. The van der Waals surface area contributed by atoms with Gasteiger partial charge in [-0.1, -0.05) is 23.8 Å². The van der Waals surface area contributed by atoms with Crippen LogP contribution in [0.15, 0.2) is 18.3 Å². The van der Waals surface area contributed by atoms with Crippen LogP contribution in [0.1, 0.15) is 11.1 Å². The van der Waals surface area contributed by atoms with Gasteiger partial charge in [0.15, 0.2) is 0 Å². The van der Waals surface area contributed by atoms with Gasteiger partial charge >= 0.3 is 6.18 Å². The molecule has 0 saturated heterocycles. The lowest BCUT2D eigenvalue weighted by atomic mass is 10.1. The van der Waals surface area contributed by atoms with Crippen molar-refractivity contribution < 1.29 is 13.2 Å². The van der Waals surface area contributed by atoms with E-state index in [-0.39, 0.29) is 10.7 Å². The molecular formula is C10H10ClF3N2. The maximum absolute atomic E-state index is 12.6. The normalized spacial score (nSPS) is 12.3. The molecule has 0 aliphatic heterocycles. The summed E-state index contributed by atoms with van der Waals surface area (Å²) in [7, 11) is 1.70. The lowest BCUT2D eigenvalue weighted by Crippen LogP contribution is -2.08. The van der Waals surface area contributed by atoms with Crippen LogP contribution >= 0.6 is 11.6 Å². The summed E-state index contributed by atoms with van der Waals surface area (Å²) >= 11 is 5.55. The molecule has 1 aromatic rings. The average molecular weight is 251 g/mol. The first-order valence-corrected chi connectivity index (χ1v) is 4.87. The number of alkyl halides is 3. The highest BCUT2D eigenvalue weighted by atomic mass is 35.5. The Labute approximate surface area is 96.1 Å². The van der Waals surface area contributed by atoms with E-state index in [4.69, 9.17) is 11.6 Å². The van der Waals surface area contributed by atoms with Crippen LogP contribution in [0.4, 0.5) is 13.2 Å². The lowest BCUT2D eigenvalue weighted by molar-refractivity contribution is -0.137. The molecule has 0 aliphatic carbocycles. The van der Waals surface area contributed by atoms with Crippen molar-refractivity contribution in [1.29, 1.82) is 0 Å². The highest BCUT2D eigenvalue weighted by molar-refractivity contribution is 6.29. The summed E-state index contributed by atoms with van der Waals surface area (Å²) in [5.74, 6) is 0. The van der Waals surface area contributed by atoms with Crippen LogP contribution in [-0.4, -0.2) is 18.6 Å².